The number of rotatable bonds is 8. The molecule has 0 spiro atoms. The Balaban J connectivity index is 2.61. The van der Waals surface area contributed by atoms with Gasteiger partial charge in [-0.25, -0.2) is 0 Å². The van der Waals surface area contributed by atoms with Crippen molar-refractivity contribution in [3.8, 4) is 0 Å². The number of para-hydroxylation sites is 1. The van der Waals surface area contributed by atoms with Gasteiger partial charge in [0, 0.05) is 25.1 Å². The van der Waals surface area contributed by atoms with E-state index in [1.165, 1.54) is 12.1 Å². The molecule has 2 aromatic carbocycles. The first kappa shape index (κ1) is 21.4. The normalized spacial score (nSPS) is 11.0. The highest BCUT2D eigenvalue weighted by molar-refractivity contribution is 5.78. The third kappa shape index (κ3) is 5.31. The molecule has 0 aromatic heterocycles. The van der Waals surface area contributed by atoms with Gasteiger partial charge in [-0.3, -0.25) is 35.5 Å². The molecule has 0 unspecified atom stereocenters. The first-order valence-corrected chi connectivity index (χ1v) is 7.92. The summed E-state index contributed by atoms with van der Waals surface area (Å²) in [6.45, 7) is -0.158. The summed E-state index contributed by atoms with van der Waals surface area (Å²) >= 11 is 0. The Bertz CT molecular complexity index is 901. The molecule has 0 saturated heterocycles. The van der Waals surface area contributed by atoms with E-state index in [0.717, 1.165) is 5.01 Å². The third-order valence-electron chi connectivity index (χ3n) is 3.71. The van der Waals surface area contributed by atoms with Gasteiger partial charge < -0.3 is 5.73 Å². The molecule has 10 nitrogen and oxygen atoms in total. The number of nitrogens with zero attached hydrogens (tertiary/aromatic N) is 3. The number of hydrogen-bond donors (Lipinski definition) is 2. The number of nitrogens with one attached hydrogen (secondary N) is 1. The Labute approximate surface area is 161 Å². The standard InChI is InChI=1S/C16H14F3N5O5/c17-16(18,19)10-8-12(23(26)27)15(13(9-10)24(28)29)21-22(7-6-14(20)25)11-4-2-1-3-5-11/h1-5,8-9,21H,6-7H2,(H2,20,25). The summed E-state index contributed by atoms with van der Waals surface area (Å²) in [7, 11) is 0. The summed E-state index contributed by atoms with van der Waals surface area (Å²) < 4.78 is 39.0. The number of carbonyl (C=O) groups is 1. The van der Waals surface area contributed by atoms with Crippen LogP contribution < -0.4 is 16.2 Å². The van der Waals surface area contributed by atoms with Crippen molar-refractivity contribution in [1.82, 2.24) is 0 Å². The van der Waals surface area contributed by atoms with Crippen LogP contribution in [0.5, 0.6) is 0 Å². The molecule has 0 atom stereocenters. The van der Waals surface area contributed by atoms with Crippen LogP contribution >= 0.6 is 0 Å². The number of amides is 1. The largest absolute Gasteiger partial charge is 0.416 e. The molecule has 0 fully saturated rings. The van der Waals surface area contributed by atoms with Gasteiger partial charge in [-0.05, 0) is 12.1 Å². The molecule has 29 heavy (non-hydrogen) atoms. The van der Waals surface area contributed by atoms with Crippen LogP contribution in [0.15, 0.2) is 42.5 Å². The molecule has 154 valence electrons. The van der Waals surface area contributed by atoms with Crippen LogP contribution in [0.4, 0.5) is 35.9 Å². The minimum Gasteiger partial charge on any atom is -0.370 e. The lowest BCUT2D eigenvalue weighted by atomic mass is 10.1. The third-order valence-corrected chi connectivity index (χ3v) is 3.71. The second-order valence-electron chi connectivity index (χ2n) is 5.72. The lowest BCUT2D eigenvalue weighted by molar-refractivity contribution is -0.392. The summed E-state index contributed by atoms with van der Waals surface area (Å²) in [5.74, 6) is -0.718. The van der Waals surface area contributed by atoms with Crippen molar-refractivity contribution in [2.75, 3.05) is 17.0 Å². The summed E-state index contributed by atoms with van der Waals surface area (Å²) in [5, 5.41) is 23.8. The first-order chi connectivity index (χ1) is 13.5. The predicted octanol–water partition coefficient (Wildman–Crippen LogP) is 3.23. The highest BCUT2D eigenvalue weighted by atomic mass is 19.4. The van der Waals surface area contributed by atoms with Crippen molar-refractivity contribution in [1.29, 1.82) is 0 Å². The minimum atomic E-state index is -5.03. The fourth-order valence-corrected chi connectivity index (χ4v) is 2.39. The van der Waals surface area contributed by atoms with Crippen LogP contribution in [0.2, 0.25) is 0 Å². The van der Waals surface area contributed by atoms with Gasteiger partial charge in [-0.15, -0.1) is 0 Å². The van der Waals surface area contributed by atoms with E-state index in [4.69, 9.17) is 5.73 Å². The maximum absolute atomic E-state index is 13.0. The van der Waals surface area contributed by atoms with Crippen LogP contribution in [-0.2, 0) is 11.0 Å². The lowest BCUT2D eigenvalue weighted by Crippen LogP contribution is -2.34. The Kier molecular flexibility index (Phi) is 6.21. The number of hydrogen-bond acceptors (Lipinski definition) is 7. The number of nitrogens with two attached hydrogens (primary N) is 1. The van der Waals surface area contributed by atoms with Gasteiger partial charge in [0.05, 0.1) is 21.1 Å². The van der Waals surface area contributed by atoms with Gasteiger partial charge in [-0.2, -0.15) is 13.2 Å². The molecule has 0 saturated carbocycles. The van der Waals surface area contributed by atoms with Crippen molar-refractivity contribution in [3.63, 3.8) is 0 Å². The fourth-order valence-electron chi connectivity index (χ4n) is 2.39. The van der Waals surface area contributed by atoms with Crippen LogP contribution in [0.25, 0.3) is 0 Å². The average Bonchev–Trinajstić information content (AvgIpc) is 2.64. The monoisotopic (exact) mass is 413 g/mol. The maximum Gasteiger partial charge on any atom is 0.416 e. The molecule has 0 bridgehead atoms. The maximum atomic E-state index is 13.0. The van der Waals surface area contributed by atoms with Crippen molar-refractivity contribution in [3.05, 3.63) is 68.3 Å². The zero-order valence-corrected chi connectivity index (χ0v) is 14.5. The lowest BCUT2D eigenvalue weighted by Gasteiger charge is -2.26. The molecule has 3 N–H and O–H groups in total. The number of carbonyl (C=O) groups excluding carboxylic acids is 1. The second-order valence-corrected chi connectivity index (χ2v) is 5.72. The Morgan fingerprint density at radius 1 is 1.07 bits per heavy atom. The number of benzene rings is 2. The summed E-state index contributed by atoms with van der Waals surface area (Å²) in [6, 6.07) is 8.27. The number of nitro groups is 2. The van der Waals surface area contributed by atoms with Gasteiger partial charge >= 0.3 is 17.6 Å². The molecule has 0 aliphatic heterocycles. The van der Waals surface area contributed by atoms with E-state index < -0.39 is 44.6 Å². The number of anilines is 2. The van der Waals surface area contributed by atoms with E-state index in [0.29, 0.717) is 5.69 Å². The van der Waals surface area contributed by atoms with Crippen molar-refractivity contribution in [2.45, 2.75) is 12.6 Å². The molecule has 1 amide bonds. The van der Waals surface area contributed by atoms with E-state index >= 15 is 0 Å². The number of nitro benzene ring substituents is 2. The molecule has 2 aromatic rings. The van der Waals surface area contributed by atoms with Gasteiger partial charge in [0.25, 0.3) is 0 Å². The number of alkyl halides is 3. The zero-order valence-electron chi connectivity index (χ0n) is 14.5. The Hall–Kier alpha value is -3.90. The first-order valence-electron chi connectivity index (χ1n) is 7.92. The van der Waals surface area contributed by atoms with E-state index in [-0.39, 0.29) is 25.1 Å². The van der Waals surface area contributed by atoms with Gasteiger partial charge in [0.15, 0.2) is 0 Å². The SMILES string of the molecule is NC(=O)CCN(Nc1c([N+](=O)[O-])cc(C(F)(F)F)cc1[N+](=O)[O-])c1ccccc1. The minimum absolute atomic E-state index is 0.158. The predicted molar refractivity (Wildman–Crippen MR) is 96.0 cm³/mol. The molecule has 0 radical (unpaired) electrons. The average molecular weight is 413 g/mol. The highest BCUT2D eigenvalue weighted by Gasteiger charge is 2.38. The number of primary amides is 1. The van der Waals surface area contributed by atoms with Crippen molar-refractivity contribution < 1.29 is 27.8 Å². The Morgan fingerprint density at radius 3 is 2.00 bits per heavy atom. The van der Waals surface area contributed by atoms with E-state index in [2.05, 4.69) is 5.43 Å². The Morgan fingerprint density at radius 2 is 1.59 bits per heavy atom. The number of halogens is 3. The van der Waals surface area contributed by atoms with Crippen LogP contribution in [-0.4, -0.2) is 22.3 Å². The van der Waals surface area contributed by atoms with Gasteiger partial charge in [-0.1, -0.05) is 18.2 Å². The zero-order chi connectivity index (χ0) is 21.8. The van der Waals surface area contributed by atoms with E-state index in [1.807, 2.05) is 0 Å². The van der Waals surface area contributed by atoms with Crippen LogP contribution in [0.3, 0.4) is 0 Å². The highest BCUT2D eigenvalue weighted by Crippen LogP contribution is 2.41. The fraction of sp³-hybridized carbons (Fsp3) is 0.188. The van der Waals surface area contributed by atoms with E-state index in [9.17, 15) is 38.2 Å². The van der Waals surface area contributed by atoms with Crippen LogP contribution in [0.1, 0.15) is 12.0 Å². The molecule has 2 rings (SSSR count). The number of hydrazine groups is 1. The molecule has 0 aliphatic rings. The van der Waals surface area contributed by atoms with E-state index in [1.54, 1.807) is 18.2 Å². The summed E-state index contributed by atoms with van der Waals surface area (Å²) in [6.07, 6.45) is -5.26. The molecule has 13 heteroatoms. The second kappa shape index (κ2) is 8.41. The molecular weight excluding hydrogens is 399 g/mol. The smallest absolute Gasteiger partial charge is 0.370 e. The summed E-state index contributed by atoms with van der Waals surface area (Å²) in [4.78, 5) is 31.5. The van der Waals surface area contributed by atoms with Crippen molar-refractivity contribution in [2.24, 2.45) is 5.73 Å². The van der Waals surface area contributed by atoms with Crippen molar-refractivity contribution >= 4 is 28.7 Å². The van der Waals surface area contributed by atoms with Crippen LogP contribution in [0, 0.1) is 20.2 Å². The van der Waals surface area contributed by atoms with Gasteiger partial charge in [0.2, 0.25) is 11.6 Å². The molecule has 0 aliphatic carbocycles. The topological polar surface area (TPSA) is 145 Å². The molecular formula is C16H14F3N5O5. The quantitative estimate of drug-likeness (QED) is 0.499. The molecule has 0 heterocycles. The summed E-state index contributed by atoms with van der Waals surface area (Å²) in [5.41, 5.74) is 3.26. The van der Waals surface area contributed by atoms with Gasteiger partial charge in [0.1, 0.15) is 0 Å².